The topological polar surface area (TPSA) is 44.8 Å². The van der Waals surface area contributed by atoms with Crippen molar-refractivity contribution in [3.05, 3.63) is 89.2 Å². The number of fused-ring (bicyclic) bond motifs is 1. The Balaban J connectivity index is 1.38. The number of carbonyl (C=O) groups is 1. The van der Waals surface area contributed by atoms with Gasteiger partial charge < -0.3 is 14.2 Å². The lowest BCUT2D eigenvalue weighted by Gasteiger charge is -2.16. The molecule has 2 aromatic carbocycles. The molecule has 29 heavy (non-hydrogen) atoms. The molecule has 2 aromatic rings. The molecule has 2 aliphatic rings. The van der Waals surface area contributed by atoms with E-state index in [9.17, 15) is 4.79 Å². The molecular weight excluding hydrogens is 364 g/mol. The average molecular weight is 388 g/mol. The van der Waals surface area contributed by atoms with Gasteiger partial charge in [-0.25, -0.2) is 0 Å². The van der Waals surface area contributed by atoms with Crippen molar-refractivity contribution in [2.75, 3.05) is 7.11 Å². The second-order valence-electron chi connectivity index (χ2n) is 7.11. The molecule has 0 saturated heterocycles. The number of methoxy groups -OCH3 is 1. The first-order valence-electron chi connectivity index (χ1n) is 9.89. The largest absolute Gasteiger partial charge is 0.482 e. The van der Waals surface area contributed by atoms with Crippen molar-refractivity contribution >= 4 is 12.0 Å². The van der Waals surface area contributed by atoms with E-state index in [1.807, 2.05) is 42.5 Å². The summed E-state index contributed by atoms with van der Waals surface area (Å²) in [6, 6.07) is 14.0. The van der Waals surface area contributed by atoms with Crippen LogP contribution in [-0.2, 0) is 16.0 Å². The Labute approximate surface area is 171 Å². The Bertz CT molecular complexity index is 967. The highest BCUT2D eigenvalue weighted by Crippen LogP contribution is 2.35. The zero-order valence-corrected chi connectivity index (χ0v) is 16.5. The van der Waals surface area contributed by atoms with Gasteiger partial charge in [-0.3, -0.25) is 4.79 Å². The van der Waals surface area contributed by atoms with E-state index in [0.717, 1.165) is 46.8 Å². The van der Waals surface area contributed by atoms with Crippen molar-refractivity contribution in [2.45, 2.75) is 31.8 Å². The van der Waals surface area contributed by atoms with E-state index in [1.165, 1.54) is 7.11 Å². The van der Waals surface area contributed by atoms with Gasteiger partial charge in [0.25, 0.3) is 0 Å². The Kier molecular flexibility index (Phi) is 5.80. The number of benzene rings is 2. The summed E-state index contributed by atoms with van der Waals surface area (Å²) in [5.74, 6) is 2.45. The van der Waals surface area contributed by atoms with E-state index in [1.54, 1.807) is 0 Å². The number of hydrogen-bond donors (Lipinski definition) is 0. The summed E-state index contributed by atoms with van der Waals surface area (Å²) in [7, 11) is 1.41. The van der Waals surface area contributed by atoms with Crippen LogP contribution < -0.4 is 9.47 Å². The second-order valence-corrected chi connectivity index (χ2v) is 7.11. The van der Waals surface area contributed by atoms with Crippen LogP contribution in [0, 0.1) is 0 Å². The molecule has 0 bridgehead atoms. The van der Waals surface area contributed by atoms with Crippen LogP contribution in [0.3, 0.4) is 0 Å². The SMILES string of the molecule is COC(=O)CCc1ccc(OC2C=Cc3cc(OC4=CC=CCC4)ccc32)cc1. The van der Waals surface area contributed by atoms with Crippen LogP contribution in [0.2, 0.25) is 0 Å². The fourth-order valence-corrected chi connectivity index (χ4v) is 3.46. The van der Waals surface area contributed by atoms with Crippen LogP contribution in [0.25, 0.3) is 6.08 Å². The number of aryl methyl sites for hydroxylation is 1. The first kappa shape index (κ1) is 19.1. The van der Waals surface area contributed by atoms with Gasteiger partial charge in [0.05, 0.1) is 7.11 Å². The Morgan fingerprint density at radius 1 is 1.10 bits per heavy atom. The number of carbonyl (C=O) groups excluding carboxylic acids is 1. The zero-order valence-electron chi connectivity index (χ0n) is 16.5. The lowest BCUT2D eigenvalue weighted by molar-refractivity contribution is -0.140. The van der Waals surface area contributed by atoms with Gasteiger partial charge in [-0.15, -0.1) is 0 Å². The smallest absolute Gasteiger partial charge is 0.305 e. The minimum atomic E-state index is -0.197. The maximum Gasteiger partial charge on any atom is 0.305 e. The van der Waals surface area contributed by atoms with Crippen LogP contribution >= 0.6 is 0 Å². The molecule has 4 heteroatoms. The van der Waals surface area contributed by atoms with Crippen LogP contribution in [0.5, 0.6) is 11.5 Å². The van der Waals surface area contributed by atoms with Crippen LogP contribution in [0.15, 0.2) is 72.5 Å². The Morgan fingerprint density at radius 3 is 2.69 bits per heavy atom. The van der Waals surface area contributed by atoms with Gasteiger partial charge in [-0.1, -0.05) is 36.4 Å². The summed E-state index contributed by atoms with van der Waals surface area (Å²) in [5, 5.41) is 0. The third-order valence-corrected chi connectivity index (χ3v) is 5.07. The van der Waals surface area contributed by atoms with Crippen molar-refractivity contribution in [3.63, 3.8) is 0 Å². The molecule has 0 aliphatic heterocycles. The van der Waals surface area contributed by atoms with Crippen molar-refractivity contribution < 1.29 is 19.0 Å². The molecule has 0 N–H and O–H groups in total. The predicted molar refractivity (Wildman–Crippen MR) is 113 cm³/mol. The van der Waals surface area contributed by atoms with E-state index in [-0.39, 0.29) is 12.1 Å². The minimum absolute atomic E-state index is 0.114. The summed E-state index contributed by atoms with van der Waals surface area (Å²) in [6.07, 6.45) is 13.2. The van der Waals surface area contributed by atoms with Gasteiger partial charge >= 0.3 is 5.97 Å². The average Bonchev–Trinajstić information content (AvgIpc) is 3.15. The fourth-order valence-electron chi connectivity index (χ4n) is 3.46. The number of rotatable bonds is 7. The number of esters is 1. The van der Waals surface area contributed by atoms with Crippen molar-refractivity contribution in [1.29, 1.82) is 0 Å². The molecule has 0 fully saturated rings. The summed E-state index contributed by atoms with van der Waals surface area (Å²) in [6.45, 7) is 0. The third kappa shape index (κ3) is 4.77. The van der Waals surface area contributed by atoms with Gasteiger partial charge in [0, 0.05) is 18.4 Å². The molecule has 2 aliphatic carbocycles. The lowest BCUT2D eigenvalue weighted by atomic mass is 10.1. The van der Waals surface area contributed by atoms with Crippen LogP contribution in [0.1, 0.15) is 42.1 Å². The summed E-state index contributed by atoms with van der Waals surface area (Å²) >= 11 is 0. The number of hydrogen-bond acceptors (Lipinski definition) is 4. The van der Waals surface area contributed by atoms with Gasteiger partial charge in [0.2, 0.25) is 0 Å². The van der Waals surface area contributed by atoms with E-state index in [0.29, 0.717) is 12.8 Å². The first-order chi connectivity index (χ1) is 14.2. The molecule has 1 unspecified atom stereocenters. The maximum atomic E-state index is 11.3. The standard InChI is InChI=1S/C25H24O4/c1-27-25(26)16-9-18-7-11-21(12-8-18)29-24-15-10-19-17-22(13-14-23(19)24)28-20-5-3-2-4-6-20/h2-3,5,7-8,10-15,17,24H,4,6,9,16H2,1H3. The van der Waals surface area contributed by atoms with Gasteiger partial charge in [-0.05, 0) is 60.4 Å². The van der Waals surface area contributed by atoms with Crippen molar-refractivity contribution in [2.24, 2.45) is 0 Å². The van der Waals surface area contributed by atoms with Crippen molar-refractivity contribution in [3.8, 4) is 11.5 Å². The Morgan fingerprint density at radius 2 is 1.93 bits per heavy atom. The lowest BCUT2D eigenvalue weighted by Crippen LogP contribution is -2.04. The number of allylic oxidation sites excluding steroid dienone is 4. The maximum absolute atomic E-state index is 11.3. The van der Waals surface area contributed by atoms with Crippen molar-refractivity contribution in [1.82, 2.24) is 0 Å². The third-order valence-electron chi connectivity index (χ3n) is 5.07. The molecule has 1 atom stereocenters. The second kappa shape index (κ2) is 8.82. The molecular formula is C25H24O4. The zero-order chi connectivity index (χ0) is 20.1. The highest BCUT2D eigenvalue weighted by Gasteiger charge is 2.20. The number of ether oxygens (including phenoxy) is 3. The molecule has 0 radical (unpaired) electrons. The summed E-state index contributed by atoms with van der Waals surface area (Å²) in [5.41, 5.74) is 3.33. The van der Waals surface area contributed by atoms with E-state index in [4.69, 9.17) is 9.47 Å². The van der Waals surface area contributed by atoms with Gasteiger partial charge in [0.15, 0.2) is 0 Å². The quantitative estimate of drug-likeness (QED) is 0.583. The molecule has 0 aromatic heterocycles. The molecule has 0 amide bonds. The molecule has 0 heterocycles. The highest BCUT2D eigenvalue weighted by atomic mass is 16.5. The highest BCUT2D eigenvalue weighted by molar-refractivity contribution is 5.69. The van der Waals surface area contributed by atoms with Gasteiger partial charge in [0.1, 0.15) is 23.4 Å². The fraction of sp³-hybridized carbons (Fsp3) is 0.240. The summed E-state index contributed by atoms with van der Waals surface area (Å²) < 4.78 is 16.8. The minimum Gasteiger partial charge on any atom is -0.482 e. The molecule has 4 rings (SSSR count). The molecule has 4 nitrogen and oxygen atoms in total. The normalized spacial score (nSPS) is 16.9. The van der Waals surface area contributed by atoms with Crippen LogP contribution in [0.4, 0.5) is 0 Å². The van der Waals surface area contributed by atoms with Gasteiger partial charge in [-0.2, -0.15) is 0 Å². The van der Waals surface area contributed by atoms with E-state index in [2.05, 4.69) is 35.1 Å². The first-order valence-corrected chi connectivity index (χ1v) is 9.89. The molecule has 0 spiro atoms. The Hall–Kier alpha value is -3.27. The summed E-state index contributed by atoms with van der Waals surface area (Å²) in [4.78, 5) is 11.3. The molecule has 0 saturated carbocycles. The molecule has 148 valence electrons. The van der Waals surface area contributed by atoms with E-state index >= 15 is 0 Å². The van der Waals surface area contributed by atoms with Crippen LogP contribution in [-0.4, -0.2) is 13.1 Å². The predicted octanol–water partition coefficient (Wildman–Crippen LogP) is 5.55. The van der Waals surface area contributed by atoms with E-state index < -0.39 is 0 Å². The monoisotopic (exact) mass is 388 g/mol.